The van der Waals surface area contributed by atoms with Gasteiger partial charge in [0.05, 0.1) is 0 Å². The molecule has 1 unspecified atom stereocenters. The second-order valence-corrected chi connectivity index (χ2v) is 6.01. The van der Waals surface area contributed by atoms with E-state index in [2.05, 4.69) is 50.1 Å². The van der Waals surface area contributed by atoms with Crippen molar-refractivity contribution in [2.24, 2.45) is 4.99 Å². The number of nitrogens with zero attached hydrogens (tertiary/aromatic N) is 2. The lowest BCUT2D eigenvalue weighted by molar-refractivity contribution is -0.120. The predicted octanol–water partition coefficient (Wildman–Crippen LogP) is 1.96. The minimum atomic E-state index is 0. The van der Waals surface area contributed by atoms with Crippen LogP contribution in [0.4, 0.5) is 5.69 Å². The Balaban J connectivity index is 0.00000312. The van der Waals surface area contributed by atoms with Gasteiger partial charge in [-0.15, -0.1) is 24.0 Å². The first kappa shape index (κ1) is 21.5. The molecule has 7 heteroatoms. The van der Waals surface area contributed by atoms with Crippen LogP contribution in [0, 0.1) is 0 Å². The number of amides is 1. The molecule has 0 saturated carbocycles. The van der Waals surface area contributed by atoms with Gasteiger partial charge in [0.1, 0.15) is 0 Å². The van der Waals surface area contributed by atoms with E-state index in [9.17, 15) is 4.79 Å². The standard InChI is InChI=1S/C18H29N5O.HI/c1-3-11-20-17(24)9-12-21-18(19-2)22-15-10-13-23(14-15)16-7-5-4-6-8-16;/h4-8,15H,3,9-14H2,1-2H3,(H,20,24)(H2,19,21,22);1H. The highest BCUT2D eigenvalue weighted by molar-refractivity contribution is 14.0. The molecule has 1 fully saturated rings. The molecule has 1 aliphatic rings. The summed E-state index contributed by atoms with van der Waals surface area (Å²) in [7, 11) is 1.76. The largest absolute Gasteiger partial charge is 0.369 e. The third-order valence-electron chi connectivity index (χ3n) is 4.09. The number of guanidine groups is 1. The number of para-hydroxylation sites is 1. The summed E-state index contributed by atoms with van der Waals surface area (Å²) < 4.78 is 0. The molecule has 1 aromatic rings. The molecular weight excluding hydrogens is 429 g/mol. The van der Waals surface area contributed by atoms with E-state index in [-0.39, 0.29) is 29.9 Å². The van der Waals surface area contributed by atoms with E-state index in [1.54, 1.807) is 7.05 Å². The minimum Gasteiger partial charge on any atom is -0.369 e. The number of carbonyl (C=O) groups excluding carboxylic acids is 1. The number of nitrogens with one attached hydrogen (secondary N) is 3. The van der Waals surface area contributed by atoms with Crippen LogP contribution in [0.25, 0.3) is 0 Å². The molecule has 3 N–H and O–H groups in total. The first-order valence-corrected chi connectivity index (χ1v) is 8.76. The van der Waals surface area contributed by atoms with Crippen LogP contribution in [0.2, 0.25) is 0 Å². The number of aliphatic imine (C=N–C) groups is 1. The molecular formula is C18H30IN5O. The summed E-state index contributed by atoms with van der Waals surface area (Å²) >= 11 is 0. The SMILES string of the molecule is CCCNC(=O)CCNC(=NC)NC1CCN(c2ccccc2)C1.I. The van der Waals surface area contributed by atoms with Crippen LogP contribution in [0.15, 0.2) is 35.3 Å². The van der Waals surface area contributed by atoms with Crippen molar-refractivity contribution in [2.75, 3.05) is 38.1 Å². The van der Waals surface area contributed by atoms with Crippen molar-refractivity contribution in [3.63, 3.8) is 0 Å². The van der Waals surface area contributed by atoms with E-state index in [0.717, 1.165) is 38.4 Å². The summed E-state index contributed by atoms with van der Waals surface area (Å²) in [4.78, 5) is 18.2. The van der Waals surface area contributed by atoms with Gasteiger partial charge in [-0.2, -0.15) is 0 Å². The summed E-state index contributed by atoms with van der Waals surface area (Å²) in [6.07, 6.45) is 2.50. The van der Waals surface area contributed by atoms with Crippen molar-refractivity contribution >= 4 is 41.5 Å². The van der Waals surface area contributed by atoms with Gasteiger partial charge in [0.25, 0.3) is 0 Å². The molecule has 1 amide bonds. The monoisotopic (exact) mass is 459 g/mol. The van der Waals surface area contributed by atoms with Gasteiger partial charge in [0, 0.05) is 51.4 Å². The van der Waals surface area contributed by atoms with Crippen LogP contribution in [-0.4, -0.2) is 51.1 Å². The van der Waals surface area contributed by atoms with Gasteiger partial charge in [0.15, 0.2) is 5.96 Å². The number of hydrogen-bond donors (Lipinski definition) is 3. The Kier molecular flexibility index (Phi) is 10.3. The number of halogens is 1. The summed E-state index contributed by atoms with van der Waals surface area (Å²) in [5.41, 5.74) is 1.26. The lowest BCUT2D eigenvalue weighted by atomic mass is 10.2. The Hall–Kier alpha value is -1.51. The van der Waals surface area contributed by atoms with Crippen molar-refractivity contribution in [3.05, 3.63) is 30.3 Å². The van der Waals surface area contributed by atoms with Crippen LogP contribution in [0.1, 0.15) is 26.2 Å². The first-order chi connectivity index (χ1) is 11.7. The molecule has 140 valence electrons. The van der Waals surface area contributed by atoms with Crippen LogP contribution >= 0.6 is 24.0 Å². The first-order valence-electron chi connectivity index (χ1n) is 8.76. The molecule has 0 spiro atoms. The maximum atomic E-state index is 11.6. The number of hydrogen-bond acceptors (Lipinski definition) is 3. The molecule has 1 aromatic carbocycles. The average molecular weight is 459 g/mol. The minimum absolute atomic E-state index is 0. The van der Waals surface area contributed by atoms with E-state index in [1.807, 2.05) is 13.0 Å². The maximum Gasteiger partial charge on any atom is 0.221 e. The average Bonchev–Trinajstić information content (AvgIpc) is 3.08. The second-order valence-electron chi connectivity index (χ2n) is 6.01. The number of anilines is 1. The molecule has 25 heavy (non-hydrogen) atoms. The van der Waals surface area contributed by atoms with Crippen molar-refractivity contribution in [1.29, 1.82) is 0 Å². The number of carbonyl (C=O) groups is 1. The van der Waals surface area contributed by atoms with E-state index >= 15 is 0 Å². The molecule has 0 aliphatic carbocycles. The molecule has 1 atom stereocenters. The molecule has 6 nitrogen and oxygen atoms in total. The fourth-order valence-corrected chi connectivity index (χ4v) is 2.79. The van der Waals surface area contributed by atoms with E-state index < -0.39 is 0 Å². The Morgan fingerprint density at radius 2 is 2.00 bits per heavy atom. The third-order valence-corrected chi connectivity index (χ3v) is 4.09. The van der Waals surface area contributed by atoms with Gasteiger partial charge in [-0.3, -0.25) is 9.79 Å². The Labute approximate surface area is 167 Å². The normalized spacial score (nSPS) is 17.0. The Morgan fingerprint density at radius 3 is 2.68 bits per heavy atom. The number of rotatable bonds is 7. The van der Waals surface area contributed by atoms with Crippen LogP contribution in [0.3, 0.4) is 0 Å². The van der Waals surface area contributed by atoms with Crippen molar-refractivity contribution < 1.29 is 4.79 Å². The van der Waals surface area contributed by atoms with Gasteiger partial charge in [0.2, 0.25) is 5.91 Å². The highest BCUT2D eigenvalue weighted by Crippen LogP contribution is 2.19. The van der Waals surface area contributed by atoms with Gasteiger partial charge in [-0.1, -0.05) is 25.1 Å². The zero-order valence-electron chi connectivity index (χ0n) is 15.1. The summed E-state index contributed by atoms with van der Waals surface area (Å²) in [6, 6.07) is 10.8. The summed E-state index contributed by atoms with van der Waals surface area (Å²) in [5, 5.41) is 9.54. The Bertz CT molecular complexity index is 538. The Morgan fingerprint density at radius 1 is 1.24 bits per heavy atom. The molecule has 1 aliphatic heterocycles. The van der Waals surface area contributed by atoms with Crippen molar-refractivity contribution in [3.8, 4) is 0 Å². The van der Waals surface area contributed by atoms with Crippen LogP contribution < -0.4 is 20.9 Å². The zero-order valence-corrected chi connectivity index (χ0v) is 17.5. The molecule has 1 saturated heterocycles. The third kappa shape index (κ3) is 7.50. The molecule has 0 radical (unpaired) electrons. The maximum absolute atomic E-state index is 11.6. The van der Waals surface area contributed by atoms with Gasteiger partial charge in [-0.25, -0.2) is 0 Å². The molecule has 1 heterocycles. The molecule has 0 aromatic heterocycles. The quantitative estimate of drug-likeness (QED) is 0.332. The predicted molar refractivity (Wildman–Crippen MR) is 115 cm³/mol. The van der Waals surface area contributed by atoms with Gasteiger partial charge < -0.3 is 20.9 Å². The lowest BCUT2D eigenvalue weighted by Gasteiger charge is -2.20. The second kappa shape index (κ2) is 11.9. The van der Waals surface area contributed by atoms with Crippen molar-refractivity contribution in [1.82, 2.24) is 16.0 Å². The molecule has 2 rings (SSSR count). The van der Waals surface area contributed by atoms with Crippen LogP contribution in [-0.2, 0) is 4.79 Å². The topological polar surface area (TPSA) is 68.8 Å². The highest BCUT2D eigenvalue weighted by atomic mass is 127. The molecule has 0 bridgehead atoms. The van der Waals surface area contributed by atoms with E-state index in [1.165, 1.54) is 5.69 Å². The summed E-state index contributed by atoms with van der Waals surface area (Å²) in [6.45, 7) is 5.37. The van der Waals surface area contributed by atoms with Gasteiger partial charge >= 0.3 is 0 Å². The fraction of sp³-hybridized carbons (Fsp3) is 0.556. The van der Waals surface area contributed by atoms with Gasteiger partial charge in [-0.05, 0) is 25.0 Å². The lowest BCUT2D eigenvalue weighted by Crippen LogP contribution is -2.45. The van der Waals surface area contributed by atoms with Crippen molar-refractivity contribution in [2.45, 2.75) is 32.2 Å². The smallest absolute Gasteiger partial charge is 0.221 e. The van der Waals surface area contributed by atoms with Crippen LogP contribution in [0.5, 0.6) is 0 Å². The fourth-order valence-electron chi connectivity index (χ4n) is 2.79. The highest BCUT2D eigenvalue weighted by Gasteiger charge is 2.23. The van der Waals surface area contributed by atoms with E-state index in [0.29, 0.717) is 19.0 Å². The number of benzene rings is 1. The van der Waals surface area contributed by atoms with E-state index in [4.69, 9.17) is 0 Å². The summed E-state index contributed by atoms with van der Waals surface area (Å²) in [5.74, 6) is 0.842. The zero-order chi connectivity index (χ0) is 17.2.